The normalized spacial score (nSPS) is 20.2. The van der Waals surface area contributed by atoms with Crippen LogP contribution in [0.25, 0.3) is 0 Å². The predicted octanol–water partition coefficient (Wildman–Crippen LogP) is 4.08. The quantitative estimate of drug-likeness (QED) is 0.879. The van der Waals surface area contributed by atoms with Crippen molar-refractivity contribution in [1.29, 1.82) is 0 Å². The molecule has 1 aromatic rings. The fraction of sp³-hybridized carbons (Fsp3) is 0.611. The maximum Gasteiger partial charge on any atom is 0.321 e. The molecule has 132 valence electrons. The van der Waals surface area contributed by atoms with Crippen LogP contribution in [-0.2, 0) is 10.7 Å². The molecule has 2 amide bonds. The van der Waals surface area contributed by atoms with Crippen LogP contribution in [-0.4, -0.2) is 37.7 Å². The van der Waals surface area contributed by atoms with Crippen molar-refractivity contribution in [2.24, 2.45) is 11.3 Å². The van der Waals surface area contributed by atoms with Gasteiger partial charge < -0.3 is 15.0 Å². The Labute approximate surface area is 141 Å². The minimum absolute atomic E-state index is 0.0721. The van der Waals surface area contributed by atoms with E-state index in [-0.39, 0.29) is 17.0 Å². The van der Waals surface area contributed by atoms with Gasteiger partial charge >= 0.3 is 6.03 Å². The van der Waals surface area contributed by atoms with Gasteiger partial charge in [0.1, 0.15) is 0 Å². The summed E-state index contributed by atoms with van der Waals surface area (Å²) in [5.41, 5.74) is 0.363. The number of nitrogens with one attached hydrogen (secondary N) is 1. The molecule has 0 spiro atoms. The Morgan fingerprint density at radius 3 is 2.67 bits per heavy atom. The second-order valence-electron chi connectivity index (χ2n) is 7.18. The number of benzene rings is 1. The second-order valence-corrected chi connectivity index (χ2v) is 7.18. The van der Waals surface area contributed by atoms with Gasteiger partial charge in [0.05, 0.1) is 6.61 Å². The van der Waals surface area contributed by atoms with Gasteiger partial charge in [0.25, 0.3) is 5.92 Å². The van der Waals surface area contributed by atoms with E-state index in [4.69, 9.17) is 4.74 Å². The molecular weight excluding hydrogens is 314 g/mol. The van der Waals surface area contributed by atoms with Crippen molar-refractivity contribution in [2.45, 2.75) is 32.1 Å². The summed E-state index contributed by atoms with van der Waals surface area (Å²) < 4.78 is 32.1. The summed E-state index contributed by atoms with van der Waals surface area (Å²) in [7, 11) is 1.69. The van der Waals surface area contributed by atoms with Crippen LogP contribution < -0.4 is 5.32 Å². The molecule has 24 heavy (non-hydrogen) atoms. The summed E-state index contributed by atoms with van der Waals surface area (Å²) in [6.07, 6.45) is 3.65. The van der Waals surface area contributed by atoms with E-state index in [0.29, 0.717) is 31.3 Å². The first-order valence-corrected chi connectivity index (χ1v) is 8.37. The lowest BCUT2D eigenvalue weighted by Gasteiger charge is -2.56. The smallest absolute Gasteiger partial charge is 0.321 e. The summed E-state index contributed by atoms with van der Waals surface area (Å²) in [6, 6.07) is 5.60. The number of alkyl halides is 2. The van der Waals surface area contributed by atoms with Crippen LogP contribution in [0.4, 0.5) is 19.3 Å². The van der Waals surface area contributed by atoms with Gasteiger partial charge in [0.2, 0.25) is 0 Å². The van der Waals surface area contributed by atoms with Gasteiger partial charge in [0.15, 0.2) is 0 Å². The molecule has 6 heteroatoms. The lowest BCUT2D eigenvalue weighted by atomic mass is 9.61. The minimum atomic E-state index is -2.92. The molecule has 1 aliphatic heterocycles. The maximum atomic E-state index is 13.4. The van der Waals surface area contributed by atoms with Crippen molar-refractivity contribution < 1.29 is 18.3 Å². The molecule has 1 saturated heterocycles. The zero-order valence-electron chi connectivity index (χ0n) is 14.1. The van der Waals surface area contributed by atoms with Crippen molar-refractivity contribution in [2.75, 3.05) is 32.1 Å². The van der Waals surface area contributed by atoms with E-state index in [2.05, 4.69) is 5.32 Å². The molecular formula is C18H24F2N2O2. The average Bonchev–Trinajstić information content (AvgIpc) is 2.41. The Morgan fingerprint density at radius 1 is 1.42 bits per heavy atom. The molecule has 3 rings (SSSR count). The number of rotatable bonds is 5. The van der Waals surface area contributed by atoms with Gasteiger partial charge in [-0.25, -0.2) is 13.6 Å². The van der Waals surface area contributed by atoms with E-state index in [9.17, 15) is 13.6 Å². The average molecular weight is 338 g/mol. The van der Waals surface area contributed by atoms with E-state index in [1.165, 1.54) is 37.5 Å². The lowest BCUT2D eigenvalue weighted by molar-refractivity contribution is -0.0920. The molecule has 1 saturated carbocycles. The van der Waals surface area contributed by atoms with Crippen molar-refractivity contribution in [1.82, 2.24) is 4.90 Å². The van der Waals surface area contributed by atoms with Gasteiger partial charge in [-0.3, -0.25) is 0 Å². The van der Waals surface area contributed by atoms with Crippen molar-refractivity contribution in [3.8, 4) is 0 Å². The number of halogens is 2. The van der Waals surface area contributed by atoms with Gasteiger partial charge in [0, 0.05) is 43.8 Å². The minimum Gasteiger partial charge on any atom is -0.384 e. The number of carbonyl (C=O) groups excluding carboxylic acids is 1. The SMILES string of the molecule is COCC1(C2CCC2)CN(C(=O)Nc2cccc(C(C)(F)F)c2)C1. The first kappa shape index (κ1) is 17.1. The Bertz CT molecular complexity index is 605. The standard InChI is InChI=1S/C18H24F2N2O2/c1-17(19,20)14-7-4-8-15(9-14)21-16(23)22-10-18(11-22,12-24-2)13-5-3-6-13/h4,7-9,13H,3,5-6,10-12H2,1-2H3,(H,21,23). The molecule has 1 aliphatic carbocycles. The van der Waals surface area contributed by atoms with E-state index in [0.717, 1.165) is 6.92 Å². The van der Waals surface area contributed by atoms with Crippen molar-refractivity contribution >= 4 is 11.7 Å². The molecule has 0 radical (unpaired) electrons. The highest BCUT2D eigenvalue weighted by molar-refractivity contribution is 5.90. The van der Waals surface area contributed by atoms with Crippen LogP contribution in [0.15, 0.2) is 24.3 Å². The Balaban J connectivity index is 1.61. The van der Waals surface area contributed by atoms with E-state index < -0.39 is 5.92 Å². The Hall–Kier alpha value is -1.69. The highest BCUT2D eigenvalue weighted by atomic mass is 19.3. The largest absolute Gasteiger partial charge is 0.384 e. The number of amides is 2. The third kappa shape index (κ3) is 3.24. The molecule has 4 nitrogen and oxygen atoms in total. The fourth-order valence-electron chi connectivity index (χ4n) is 3.71. The number of hydrogen-bond acceptors (Lipinski definition) is 2. The van der Waals surface area contributed by atoms with Crippen molar-refractivity contribution in [3.05, 3.63) is 29.8 Å². The molecule has 1 aromatic carbocycles. The van der Waals surface area contributed by atoms with Crippen molar-refractivity contribution in [3.63, 3.8) is 0 Å². The first-order valence-electron chi connectivity index (χ1n) is 8.37. The summed E-state index contributed by atoms with van der Waals surface area (Å²) in [5, 5.41) is 2.72. The number of hydrogen-bond donors (Lipinski definition) is 1. The molecule has 0 aromatic heterocycles. The summed E-state index contributed by atoms with van der Waals surface area (Å²) in [6.45, 7) is 2.85. The molecule has 1 heterocycles. The molecule has 2 aliphatic rings. The summed E-state index contributed by atoms with van der Waals surface area (Å²) in [5.74, 6) is -2.29. The number of anilines is 1. The number of nitrogens with zero attached hydrogens (tertiary/aromatic N) is 1. The predicted molar refractivity (Wildman–Crippen MR) is 88.3 cm³/mol. The van der Waals surface area contributed by atoms with E-state index >= 15 is 0 Å². The van der Waals surface area contributed by atoms with E-state index in [1.807, 2.05) is 0 Å². The Morgan fingerprint density at radius 2 is 2.12 bits per heavy atom. The van der Waals surface area contributed by atoms with Gasteiger partial charge in [-0.1, -0.05) is 18.6 Å². The topological polar surface area (TPSA) is 41.6 Å². The van der Waals surface area contributed by atoms with Gasteiger partial charge in [-0.15, -0.1) is 0 Å². The Kier molecular flexibility index (Phi) is 4.51. The maximum absolute atomic E-state index is 13.4. The fourth-order valence-corrected chi connectivity index (χ4v) is 3.71. The zero-order chi connectivity index (χ0) is 17.4. The summed E-state index contributed by atoms with van der Waals surface area (Å²) >= 11 is 0. The molecule has 1 N–H and O–H groups in total. The molecule has 0 bridgehead atoms. The van der Waals surface area contributed by atoms with Crippen LogP contribution in [0.5, 0.6) is 0 Å². The third-order valence-corrected chi connectivity index (χ3v) is 5.32. The number of carbonyl (C=O) groups is 1. The van der Waals surface area contributed by atoms with Crippen LogP contribution in [0.2, 0.25) is 0 Å². The molecule has 2 fully saturated rings. The summed E-state index contributed by atoms with van der Waals surface area (Å²) in [4.78, 5) is 14.1. The number of methoxy groups -OCH3 is 1. The highest BCUT2D eigenvalue weighted by Gasteiger charge is 2.52. The van der Waals surface area contributed by atoms with Crippen LogP contribution in [0, 0.1) is 11.3 Å². The third-order valence-electron chi connectivity index (χ3n) is 5.32. The van der Waals surface area contributed by atoms with E-state index in [1.54, 1.807) is 18.1 Å². The number of urea groups is 1. The van der Waals surface area contributed by atoms with Gasteiger partial charge in [-0.2, -0.15) is 0 Å². The second kappa shape index (κ2) is 6.31. The zero-order valence-corrected chi connectivity index (χ0v) is 14.1. The number of likely N-dealkylation sites (tertiary alicyclic amines) is 1. The molecule has 0 atom stereocenters. The number of ether oxygens (including phenoxy) is 1. The monoisotopic (exact) mass is 338 g/mol. The van der Waals surface area contributed by atoms with Gasteiger partial charge in [-0.05, 0) is 30.9 Å². The van der Waals surface area contributed by atoms with Crippen LogP contribution in [0.1, 0.15) is 31.7 Å². The molecule has 0 unspecified atom stereocenters. The highest BCUT2D eigenvalue weighted by Crippen LogP contribution is 2.48. The van der Waals surface area contributed by atoms with Crippen LogP contribution >= 0.6 is 0 Å². The first-order chi connectivity index (χ1) is 11.3. The van der Waals surface area contributed by atoms with Crippen LogP contribution in [0.3, 0.4) is 0 Å². The lowest BCUT2D eigenvalue weighted by Crippen LogP contribution is -2.65.